The number of carbonyl (C=O) groups excluding carboxylic acids is 1. The molecule has 0 radical (unpaired) electrons. The van der Waals surface area contributed by atoms with Gasteiger partial charge in [0.25, 0.3) is 5.91 Å². The Morgan fingerprint density at radius 3 is 2.62 bits per heavy atom. The number of aromatic nitrogens is 2. The summed E-state index contributed by atoms with van der Waals surface area (Å²) in [4.78, 5) is 25.6. The molecular weight excluding hydrogens is 459 g/mol. The summed E-state index contributed by atoms with van der Waals surface area (Å²) in [6, 6.07) is 5.14. The van der Waals surface area contributed by atoms with Crippen molar-refractivity contribution in [1.82, 2.24) is 20.2 Å². The number of hydrogen-bond donors (Lipinski definition) is 1. The van der Waals surface area contributed by atoms with Gasteiger partial charge in [0.15, 0.2) is 17.4 Å². The highest BCUT2D eigenvalue weighted by molar-refractivity contribution is 7.20. The molecule has 8 nitrogen and oxygen atoms in total. The lowest BCUT2D eigenvalue weighted by atomic mass is 10.0. The summed E-state index contributed by atoms with van der Waals surface area (Å²) in [5.74, 6) is 0.764. The third-order valence-corrected chi connectivity index (χ3v) is 7.21. The second-order valence-electron chi connectivity index (χ2n) is 8.31. The van der Waals surface area contributed by atoms with Gasteiger partial charge in [-0.15, -0.1) is 11.3 Å². The van der Waals surface area contributed by atoms with Gasteiger partial charge < -0.3 is 19.5 Å². The third kappa shape index (κ3) is 5.13. The molecule has 1 aliphatic heterocycles. The number of amides is 1. The molecular formula is C24H29FN4O4S. The molecule has 3 heterocycles. The van der Waals surface area contributed by atoms with E-state index in [1.54, 1.807) is 20.3 Å². The number of nitrogens with one attached hydrogen (secondary N) is 1. The Hall–Kier alpha value is -2.82. The zero-order valence-corrected chi connectivity index (χ0v) is 20.6. The first-order chi connectivity index (χ1) is 16.4. The van der Waals surface area contributed by atoms with Crippen molar-refractivity contribution in [3.05, 3.63) is 45.8 Å². The molecule has 0 atom stereocenters. The molecule has 1 N–H and O–H groups in total. The largest absolute Gasteiger partial charge is 0.494 e. The minimum atomic E-state index is -0.350. The quantitative estimate of drug-likeness (QED) is 0.518. The van der Waals surface area contributed by atoms with Crippen molar-refractivity contribution in [3.63, 3.8) is 0 Å². The fraction of sp³-hybridized carbons (Fsp3) is 0.458. The number of methoxy groups -OCH3 is 3. The van der Waals surface area contributed by atoms with Crippen LogP contribution in [0.1, 0.15) is 39.5 Å². The summed E-state index contributed by atoms with van der Waals surface area (Å²) in [5.41, 5.74) is 1.72. The minimum absolute atomic E-state index is 0.0815. The molecule has 1 amide bonds. The average molecular weight is 489 g/mol. The number of thiophene rings is 1. The lowest BCUT2D eigenvalue weighted by molar-refractivity contribution is 0.0912. The van der Waals surface area contributed by atoms with E-state index in [0.717, 1.165) is 42.4 Å². The van der Waals surface area contributed by atoms with Crippen LogP contribution in [0.15, 0.2) is 18.2 Å². The van der Waals surface area contributed by atoms with Gasteiger partial charge in [-0.25, -0.2) is 9.37 Å². The van der Waals surface area contributed by atoms with E-state index in [0.29, 0.717) is 28.0 Å². The molecule has 4 rings (SSSR count). The molecule has 1 fully saturated rings. The van der Waals surface area contributed by atoms with E-state index in [-0.39, 0.29) is 30.1 Å². The normalized spacial score (nSPS) is 15.0. The van der Waals surface area contributed by atoms with E-state index in [1.807, 2.05) is 13.0 Å². The van der Waals surface area contributed by atoms with Crippen molar-refractivity contribution in [1.29, 1.82) is 0 Å². The number of fused-ring (bicyclic) bond motifs is 1. The number of piperidine rings is 1. The van der Waals surface area contributed by atoms with Gasteiger partial charge in [0, 0.05) is 32.8 Å². The number of benzene rings is 1. The van der Waals surface area contributed by atoms with Crippen molar-refractivity contribution < 1.29 is 23.4 Å². The summed E-state index contributed by atoms with van der Waals surface area (Å²) >= 11 is 1.34. The highest BCUT2D eigenvalue weighted by atomic mass is 32.1. The lowest BCUT2D eigenvalue weighted by Crippen LogP contribution is -2.44. The highest BCUT2D eigenvalue weighted by Gasteiger charge is 2.25. The Kier molecular flexibility index (Phi) is 7.60. The maximum Gasteiger partial charge on any atom is 0.261 e. The zero-order chi connectivity index (χ0) is 24.2. The number of likely N-dealkylation sites (tertiary alicyclic amines) is 1. The van der Waals surface area contributed by atoms with Crippen LogP contribution >= 0.6 is 11.3 Å². The zero-order valence-electron chi connectivity index (χ0n) is 19.8. The van der Waals surface area contributed by atoms with Crippen LogP contribution in [0.2, 0.25) is 0 Å². The Labute approximate surface area is 202 Å². The van der Waals surface area contributed by atoms with Gasteiger partial charge >= 0.3 is 0 Å². The fourth-order valence-electron chi connectivity index (χ4n) is 4.25. The van der Waals surface area contributed by atoms with Crippen LogP contribution in [0, 0.1) is 12.7 Å². The van der Waals surface area contributed by atoms with E-state index in [9.17, 15) is 9.18 Å². The number of carbonyl (C=O) groups is 1. The number of nitrogens with zero attached hydrogens (tertiary/aromatic N) is 3. The molecule has 0 spiro atoms. The fourth-order valence-corrected chi connectivity index (χ4v) is 5.35. The summed E-state index contributed by atoms with van der Waals surface area (Å²) in [5, 5.41) is 3.94. The Balaban J connectivity index is 1.39. The molecule has 1 aromatic carbocycles. The van der Waals surface area contributed by atoms with Crippen LogP contribution in [0.5, 0.6) is 11.6 Å². The van der Waals surface area contributed by atoms with Crippen molar-refractivity contribution in [2.24, 2.45) is 0 Å². The van der Waals surface area contributed by atoms with Crippen LogP contribution in [0.3, 0.4) is 0 Å². The Morgan fingerprint density at radius 1 is 1.21 bits per heavy atom. The SMILES string of the molecule is COCc1nc(OC)c2c(C)c(C(=O)NC3CCN(Cc4ccc(OC)c(F)c4)CC3)sc2n1. The molecule has 0 aliphatic carbocycles. The van der Waals surface area contributed by atoms with Crippen LogP contribution in [0.25, 0.3) is 10.2 Å². The molecule has 0 bridgehead atoms. The maximum absolute atomic E-state index is 14.0. The average Bonchev–Trinajstić information content (AvgIpc) is 3.16. The topological polar surface area (TPSA) is 85.8 Å². The van der Waals surface area contributed by atoms with Crippen molar-refractivity contribution in [2.75, 3.05) is 34.4 Å². The first kappa shape index (κ1) is 24.3. The number of halogens is 1. The van der Waals surface area contributed by atoms with Crippen molar-refractivity contribution in [3.8, 4) is 11.6 Å². The standard InChI is InChI=1S/C24H29FN4O4S/c1-14-20-23(33-4)27-19(13-31-2)28-24(20)34-21(14)22(30)26-16-7-9-29(10-8-16)12-15-5-6-18(32-3)17(25)11-15/h5-6,11,16H,7-10,12-13H2,1-4H3,(H,26,30). The second-order valence-corrected chi connectivity index (χ2v) is 9.31. The summed E-state index contributed by atoms with van der Waals surface area (Å²) < 4.78 is 29.6. The van der Waals surface area contributed by atoms with Gasteiger partial charge in [-0.3, -0.25) is 9.69 Å². The molecule has 0 unspecified atom stereocenters. The summed E-state index contributed by atoms with van der Waals surface area (Å²) in [7, 11) is 4.60. The number of ether oxygens (including phenoxy) is 3. The lowest BCUT2D eigenvalue weighted by Gasteiger charge is -2.32. The maximum atomic E-state index is 14.0. The second kappa shape index (κ2) is 10.6. The monoisotopic (exact) mass is 488 g/mol. The van der Waals surface area contributed by atoms with Gasteiger partial charge in [0.2, 0.25) is 5.88 Å². The first-order valence-electron chi connectivity index (χ1n) is 11.1. The number of hydrogen-bond acceptors (Lipinski definition) is 8. The van der Waals surface area contributed by atoms with Crippen LogP contribution < -0.4 is 14.8 Å². The van der Waals surface area contributed by atoms with Crippen molar-refractivity contribution in [2.45, 2.75) is 39.0 Å². The molecule has 34 heavy (non-hydrogen) atoms. The smallest absolute Gasteiger partial charge is 0.261 e. The number of rotatable bonds is 8. The summed E-state index contributed by atoms with van der Waals surface area (Å²) in [6.45, 7) is 4.48. The molecule has 2 aromatic heterocycles. The minimum Gasteiger partial charge on any atom is -0.494 e. The predicted octanol–water partition coefficient (Wildman–Crippen LogP) is 3.70. The van der Waals surface area contributed by atoms with E-state index in [1.165, 1.54) is 24.5 Å². The molecule has 10 heteroatoms. The molecule has 1 saturated heterocycles. The van der Waals surface area contributed by atoms with Crippen LogP contribution in [0.4, 0.5) is 4.39 Å². The predicted molar refractivity (Wildman–Crippen MR) is 128 cm³/mol. The van der Waals surface area contributed by atoms with Crippen molar-refractivity contribution >= 4 is 27.5 Å². The first-order valence-corrected chi connectivity index (χ1v) is 11.9. The molecule has 1 aliphatic rings. The Morgan fingerprint density at radius 2 is 1.97 bits per heavy atom. The van der Waals surface area contributed by atoms with Crippen LogP contribution in [-0.2, 0) is 17.9 Å². The highest BCUT2D eigenvalue weighted by Crippen LogP contribution is 2.35. The van der Waals surface area contributed by atoms with E-state index in [4.69, 9.17) is 14.2 Å². The van der Waals surface area contributed by atoms with E-state index in [2.05, 4.69) is 20.2 Å². The van der Waals surface area contributed by atoms with Crippen LogP contribution in [-0.4, -0.2) is 61.2 Å². The van der Waals surface area contributed by atoms with Gasteiger partial charge in [0.1, 0.15) is 11.4 Å². The van der Waals surface area contributed by atoms with Gasteiger partial charge in [-0.05, 0) is 43.0 Å². The Bertz CT molecular complexity index is 1180. The molecule has 0 saturated carbocycles. The van der Waals surface area contributed by atoms with E-state index < -0.39 is 0 Å². The summed E-state index contributed by atoms with van der Waals surface area (Å²) in [6.07, 6.45) is 1.66. The van der Waals surface area contributed by atoms with Gasteiger partial charge in [0.05, 0.1) is 24.5 Å². The number of aryl methyl sites for hydroxylation is 1. The third-order valence-electron chi connectivity index (χ3n) is 6.02. The van der Waals surface area contributed by atoms with Gasteiger partial charge in [-0.1, -0.05) is 6.07 Å². The van der Waals surface area contributed by atoms with Gasteiger partial charge in [-0.2, -0.15) is 4.98 Å². The molecule has 182 valence electrons. The molecule has 3 aromatic rings. The van der Waals surface area contributed by atoms with E-state index >= 15 is 0 Å².